The smallest absolute Gasteiger partial charge is 0.276 e. The van der Waals surface area contributed by atoms with Crippen LogP contribution in [0, 0.1) is 12.3 Å². The molecule has 0 radical (unpaired) electrons. The van der Waals surface area contributed by atoms with E-state index < -0.39 is 0 Å². The van der Waals surface area contributed by atoms with Crippen molar-refractivity contribution in [2.75, 3.05) is 5.32 Å². The first kappa shape index (κ1) is 14.5. The van der Waals surface area contributed by atoms with Gasteiger partial charge in [0.1, 0.15) is 5.69 Å². The largest absolute Gasteiger partial charge is 0.321 e. The Balaban J connectivity index is 2.22. The molecule has 0 aliphatic rings. The van der Waals surface area contributed by atoms with Crippen molar-refractivity contribution in [2.45, 2.75) is 19.9 Å². The third-order valence-corrected chi connectivity index (χ3v) is 2.82. The quantitative estimate of drug-likeness (QED) is 0.870. The van der Waals surface area contributed by atoms with Gasteiger partial charge >= 0.3 is 0 Å². The molecule has 0 saturated carbocycles. The number of benzene rings is 1. The highest BCUT2D eigenvalue weighted by Gasteiger charge is 2.10. The van der Waals surface area contributed by atoms with Crippen molar-refractivity contribution >= 4 is 11.6 Å². The van der Waals surface area contributed by atoms with Crippen molar-refractivity contribution in [3.05, 3.63) is 58.0 Å². The summed E-state index contributed by atoms with van der Waals surface area (Å²) >= 11 is 0. The van der Waals surface area contributed by atoms with Gasteiger partial charge in [0.05, 0.1) is 0 Å². The maximum Gasteiger partial charge on any atom is 0.276 e. The van der Waals surface area contributed by atoms with E-state index in [1.54, 1.807) is 24.3 Å². The van der Waals surface area contributed by atoms with Gasteiger partial charge in [-0.25, -0.2) is 4.68 Å². The van der Waals surface area contributed by atoms with Crippen molar-refractivity contribution in [2.24, 2.45) is 0 Å². The fourth-order valence-electron chi connectivity index (χ4n) is 1.82. The van der Waals surface area contributed by atoms with Crippen molar-refractivity contribution in [1.29, 1.82) is 0 Å². The lowest BCUT2D eigenvalue weighted by atomic mass is 10.2. The van der Waals surface area contributed by atoms with Crippen LogP contribution in [0.3, 0.4) is 0 Å². The van der Waals surface area contributed by atoms with Crippen LogP contribution >= 0.6 is 0 Å². The van der Waals surface area contributed by atoms with Crippen molar-refractivity contribution in [3.63, 3.8) is 0 Å². The molecule has 21 heavy (non-hydrogen) atoms. The van der Waals surface area contributed by atoms with Gasteiger partial charge < -0.3 is 5.32 Å². The highest BCUT2D eigenvalue weighted by Crippen LogP contribution is 2.10. The van der Waals surface area contributed by atoms with Gasteiger partial charge in [0.25, 0.3) is 11.5 Å². The summed E-state index contributed by atoms with van der Waals surface area (Å²) in [4.78, 5) is 23.7. The lowest BCUT2D eigenvalue weighted by Gasteiger charge is -2.07. The Bertz CT molecular complexity index is 757. The summed E-state index contributed by atoms with van der Waals surface area (Å²) in [5.41, 5.74) is 1.24. The molecule has 0 fully saturated rings. The van der Waals surface area contributed by atoms with Gasteiger partial charge in [0, 0.05) is 23.9 Å². The first-order valence-corrected chi connectivity index (χ1v) is 6.60. The molecule has 1 heterocycles. The normalized spacial score (nSPS) is 9.90. The summed E-state index contributed by atoms with van der Waals surface area (Å²) in [5.74, 6) is 2.12. The lowest BCUT2D eigenvalue weighted by molar-refractivity contribution is 0.102. The highest BCUT2D eigenvalue weighted by molar-refractivity contribution is 6.02. The Morgan fingerprint density at radius 2 is 2.19 bits per heavy atom. The number of carbonyl (C=O) groups excluding carboxylic acids is 1. The summed E-state index contributed by atoms with van der Waals surface area (Å²) in [7, 11) is 0. The van der Waals surface area contributed by atoms with E-state index in [-0.39, 0.29) is 17.2 Å². The number of aromatic nitrogens is 2. The van der Waals surface area contributed by atoms with Crippen LogP contribution in [-0.2, 0) is 6.54 Å². The molecular weight excluding hydrogens is 266 g/mol. The van der Waals surface area contributed by atoms with Crippen molar-refractivity contribution < 1.29 is 4.79 Å². The standard InChI is InChI=1S/C16H15N3O2/c1-3-10-19-15(20)9-8-14(18-19)16(21)17-13-7-5-6-12(4-2)11-13/h2,5-9,11H,3,10H2,1H3,(H,17,21). The number of rotatable bonds is 4. The zero-order valence-electron chi connectivity index (χ0n) is 11.7. The number of anilines is 1. The van der Waals surface area contributed by atoms with Gasteiger partial charge in [0.15, 0.2) is 0 Å². The second kappa shape index (κ2) is 6.53. The van der Waals surface area contributed by atoms with Crippen molar-refractivity contribution in [1.82, 2.24) is 9.78 Å². The fraction of sp³-hybridized carbons (Fsp3) is 0.188. The fourth-order valence-corrected chi connectivity index (χ4v) is 1.82. The Kier molecular flexibility index (Phi) is 4.52. The third kappa shape index (κ3) is 3.57. The molecule has 1 aromatic heterocycles. The molecule has 5 heteroatoms. The molecular formula is C16H15N3O2. The van der Waals surface area contributed by atoms with Gasteiger partial charge in [-0.1, -0.05) is 18.9 Å². The van der Waals surface area contributed by atoms with E-state index in [1.807, 2.05) is 6.92 Å². The minimum Gasteiger partial charge on any atom is -0.321 e. The number of nitrogens with zero attached hydrogens (tertiary/aromatic N) is 2. The molecule has 1 aromatic carbocycles. The molecule has 5 nitrogen and oxygen atoms in total. The van der Waals surface area contributed by atoms with Crippen LogP contribution in [0.1, 0.15) is 29.4 Å². The van der Waals surface area contributed by atoms with Crippen LogP contribution in [0.2, 0.25) is 0 Å². The summed E-state index contributed by atoms with van der Waals surface area (Å²) in [6.07, 6.45) is 6.08. The summed E-state index contributed by atoms with van der Waals surface area (Å²) in [6, 6.07) is 9.72. The van der Waals surface area contributed by atoms with E-state index in [0.29, 0.717) is 17.8 Å². The SMILES string of the molecule is C#Cc1cccc(NC(=O)c2ccc(=O)n(CCC)n2)c1. The zero-order chi connectivity index (χ0) is 15.2. The summed E-state index contributed by atoms with van der Waals surface area (Å²) in [6.45, 7) is 2.42. The number of terminal acetylenes is 1. The lowest BCUT2D eigenvalue weighted by Crippen LogP contribution is -2.26. The highest BCUT2D eigenvalue weighted by atomic mass is 16.2. The number of hydrogen-bond donors (Lipinski definition) is 1. The topological polar surface area (TPSA) is 64.0 Å². The molecule has 0 saturated heterocycles. The average Bonchev–Trinajstić information content (AvgIpc) is 2.50. The van der Waals surface area contributed by atoms with Gasteiger partial charge in [-0.05, 0) is 30.7 Å². The van der Waals surface area contributed by atoms with Crippen LogP contribution in [-0.4, -0.2) is 15.7 Å². The van der Waals surface area contributed by atoms with E-state index in [2.05, 4.69) is 16.3 Å². The number of amides is 1. The Morgan fingerprint density at radius 1 is 1.38 bits per heavy atom. The Hall–Kier alpha value is -2.87. The molecule has 1 N–H and O–H groups in total. The number of carbonyl (C=O) groups is 1. The number of nitrogens with one attached hydrogen (secondary N) is 1. The molecule has 0 atom stereocenters. The van der Waals surface area contributed by atoms with Crippen LogP contribution in [0.15, 0.2) is 41.2 Å². The predicted octanol–water partition coefficient (Wildman–Crippen LogP) is 1.89. The van der Waals surface area contributed by atoms with E-state index in [0.717, 1.165) is 6.42 Å². The molecule has 2 rings (SSSR count). The van der Waals surface area contributed by atoms with Crippen LogP contribution in [0.4, 0.5) is 5.69 Å². The molecule has 0 aliphatic carbocycles. The van der Waals surface area contributed by atoms with Crippen molar-refractivity contribution in [3.8, 4) is 12.3 Å². The molecule has 0 unspecified atom stereocenters. The van der Waals surface area contributed by atoms with E-state index in [4.69, 9.17) is 6.42 Å². The maximum absolute atomic E-state index is 12.1. The van der Waals surface area contributed by atoms with Crippen LogP contribution in [0.25, 0.3) is 0 Å². The summed E-state index contributed by atoms with van der Waals surface area (Å²) in [5, 5.41) is 6.76. The third-order valence-electron chi connectivity index (χ3n) is 2.82. The molecule has 2 aromatic rings. The molecule has 0 aliphatic heterocycles. The monoisotopic (exact) mass is 281 g/mol. The van der Waals surface area contributed by atoms with Gasteiger partial charge in [-0.2, -0.15) is 5.10 Å². The van der Waals surface area contributed by atoms with Crippen LogP contribution in [0.5, 0.6) is 0 Å². The Labute approximate surface area is 122 Å². The molecule has 106 valence electrons. The molecule has 0 bridgehead atoms. The average molecular weight is 281 g/mol. The molecule has 0 spiro atoms. The minimum absolute atomic E-state index is 0.189. The second-order valence-corrected chi connectivity index (χ2v) is 4.46. The minimum atomic E-state index is -0.381. The number of aryl methyl sites for hydroxylation is 1. The Morgan fingerprint density at radius 3 is 2.90 bits per heavy atom. The molecule has 1 amide bonds. The first-order valence-electron chi connectivity index (χ1n) is 6.60. The first-order chi connectivity index (χ1) is 10.1. The zero-order valence-corrected chi connectivity index (χ0v) is 11.7. The summed E-state index contributed by atoms with van der Waals surface area (Å²) < 4.78 is 1.28. The second-order valence-electron chi connectivity index (χ2n) is 4.46. The van der Waals surface area contributed by atoms with E-state index in [9.17, 15) is 9.59 Å². The predicted molar refractivity (Wildman–Crippen MR) is 81.1 cm³/mol. The van der Waals surface area contributed by atoms with E-state index >= 15 is 0 Å². The van der Waals surface area contributed by atoms with E-state index in [1.165, 1.54) is 16.8 Å². The maximum atomic E-state index is 12.1. The van der Waals surface area contributed by atoms with Gasteiger partial charge in [-0.3, -0.25) is 9.59 Å². The van der Waals surface area contributed by atoms with Crippen LogP contribution < -0.4 is 10.9 Å². The van der Waals surface area contributed by atoms with Gasteiger partial charge in [0.2, 0.25) is 0 Å². The van der Waals surface area contributed by atoms with Gasteiger partial charge in [-0.15, -0.1) is 6.42 Å². The number of hydrogen-bond acceptors (Lipinski definition) is 3.